The van der Waals surface area contributed by atoms with Crippen molar-refractivity contribution in [1.29, 1.82) is 0 Å². The second-order valence-corrected chi connectivity index (χ2v) is 3.69. The quantitative estimate of drug-likeness (QED) is 0.619. The van der Waals surface area contributed by atoms with E-state index < -0.39 is 5.82 Å². The summed E-state index contributed by atoms with van der Waals surface area (Å²) in [7, 11) is 1.40. The van der Waals surface area contributed by atoms with E-state index in [1.165, 1.54) is 20.1 Å². The number of benzene rings is 1. The van der Waals surface area contributed by atoms with E-state index in [9.17, 15) is 9.18 Å². The molecule has 13 heavy (non-hydrogen) atoms. The van der Waals surface area contributed by atoms with Crippen molar-refractivity contribution in [3.63, 3.8) is 0 Å². The summed E-state index contributed by atoms with van der Waals surface area (Å²) in [6, 6.07) is 2.79. The third kappa shape index (κ3) is 2.18. The van der Waals surface area contributed by atoms with Gasteiger partial charge in [-0.15, -0.1) is 0 Å². The first-order valence-electron chi connectivity index (χ1n) is 3.60. The van der Waals surface area contributed by atoms with Crippen LogP contribution in [0.2, 0.25) is 0 Å². The Morgan fingerprint density at radius 1 is 1.54 bits per heavy atom. The van der Waals surface area contributed by atoms with Gasteiger partial charge in [-0.1, -0.05) is 0 Å². The molecule has 0 aliphatic carbocycles. The minimum absolute atomic E-state index is 0.153. The Morgan fingerprint density at radius 3 is 2.54 bits per heavy atom. The van der Waals surface area contributed by atoms with Crippen LogP contribution in [-0.2, 0) is 0 Å². The van der Waals surface area contributed by atoms with Gasteiger partial charge in [-0.2, -0.15) is 0 Å². The number of rotatable bonds is 2. The predicted molar refractivity (Wildman–Crippen MR) is 55.7 cm³/mol. The zero-order valence-corrected chi connectivity index (χ0v) is 9.38. The Hall–Kier alpha value is -0.650. The summed E-state index contributed by atoms with van der Waals surface area (Å²) in [6.07, 6.45) is 0. The maximum Gasteiger partial charge on any atom is 0.167 e. The summed E-state index contributed by atoms with van der Waals surface area (Å²) >= 11 is 1.93. The van der Waals surface area contributed by atoms with Crippen LogP contribution < -0.4 is 4.74 Å². The van der Waals surface area contributed by atoms with Crippen LogP contribution in [0.3, 0.4) is 0 Å². The first-order valence-corrected chi connectivity index (χ1v) is 4.68. The Morgan fingerprint density at radius 2 is 2.15 bits per heavy atom. The van der Waals surface area contributed by atoms with Gasteiger partial charge in [-0.25, -0.2) is 4.39 Å². The first kappa shape index (κ1) is 10.4. The van der Waals surface area contributed by atoms with Crippen molar-refractivity contribution in [3.05, 3.63) is 27.1 Å². The van der Waals surface area contributed by atoms with Gasteiger partial charge in [0, 0.05) is 5.56 Å². The Labute approximate surface area is 89.2 Å². The van der Waals surface area contributed by atoms with Crippen LogP contribution >= 0.6 is 22.6 Å². The zero-order valence-electron chi connectivity index (χ0n) is 7.23. The molecular formula is C9H8FIO2. The van der Waals surface area contributed by atoms with Crippen LogP contribution in [0.5, 0.6) is 5.75 Å². The van der Waals surface area contributed by atoms with Crippen molar-refractivity contribution in [3.8, 4) is 5.75 Å². The molecule has 0 amide bonds. The van der Waals surface area contributed by atoms with Gasteiger partial charge in [-0.3, -0.25) is 4.79 Å². The van der Waals surface area contributed by atoms with Crippen molar-refractivity contribution >= 4 is 28.4 Å². The standard InChI is InChI=1S/C9H8FIO2/c1-5(12)6-3-7(10)9(13-2)8(11)4-6/h3-4H,1-2H3. The van der Waals surface area contributed by atoms with Crippen LogP contribution in [0.25, 0.3) is 0 Å². The molecule has 0 unspecified atom stereocenters. The maximum atomic E-state index is 13.2. The first-order chi connectivity index (χ1) is 6.06. The summed E-state index contributed by atoms with van der Waals surface area (Å²) in [4.78, 5) is 10.9. The monoisotopic (exact) mass is 294 g/mol. The smallest absolute Gasteiger partial charge is 0.167 e. The molecule has 0 aliphatic rings. The molecule has 2 nitrogen and oxygen atoms in total. The molecule has 0 bridgehead atoms. The van der Waals surface area contributed by atoms with E-state index in [1.54, 1.807) is 6.07 Å². The topological polar surface area (TPSA) is 26.3 Å². The summed E-state index contributed by atoms with van der Waals surface area (Å²) in [5.74, 6) is -0.468. The molecule has 0 radical (unpaired) electrons. The normalized spacial score (nSPS) is 9.85. The molecular weight excluding hydrogens is 286 g/mol. The maximum absolute atomic E-state index is 13.2. The number of halogens is 2. The average Bonchev–Trinajstić information content (AvgIpc) is 2.03. The fourth-order valence-corrected chi connectivity index (χ4v) is 1.77. The molecule has 0 aliphatic heterocycles. The van der Waals surface area contributed by atoms with Crippen LogP contribution in [0.4, 0.5) is 4.39 Å². The van der Waals surface area contributed by atoms with Crippen LogP contribution in [0.15, 0.2) is 12.1 Å². The molecule has 0 heterocycles. The van der Waals surface area contributed by atoms with E-state index in [1.807, 2.05) is 22.6 Å². The van der Waals surface area contributed by atoms with Crippen molar-refractivity contribution in [2.75, 3.05) is 7.11 Å². The lowest BCUT2D eigenvalue weighted by atomic mass is 10.1. The summed E-state index contributed by atoms with van der Waals surface area (Å²) in [5, 5.41) is 0. The summed E-state index contributed by atoms with van der Waals surface area (Å²) in [6.45, 7) is 1.40. The molecule has 0 atom stereocenters. The zero-order chi connectivity index (χ0) is 10.0. The van der Waals surface area contributed by atoms with Gasteiger partial charge < -0.3 is 4.74 Å². The lowest BCUT2D eigenvalue weighted by Gasteiger charge is -2.05. The Kier molecular flexibility index (Phi) is 3.24. The van der Waals surface area contributed by atoms with E-state index in [-0.39, 0.29) is 11.5 Å². The number of Topliss-reactive ketones (excluding diaryl/α,β-unsaturated/α-hetero) is 1. The molecule has 0 aromatic heterocycles. The second-order valence-electron chi connectivity index (χ2n) is 2.53. The number of carbonyl (C=O) groups excluding carboxylic acids is 1. The van der Waals surface area contributed by atoms with Crippen LogP contribution in [0.1, 0.15) is 17.3 Å². The average molecular weight is 294 g/mol. The number of carbonyl (C=O) groups is 1. The molecule has 0 saturated carbocycles. The highest BCUT2D eigenvalue weighted by molar-refractivity contribution is 14.1. The Balaban J connectivity index is 3.28. The van der Waals surface area contributed by atoms with E-state index >= 15 is 0 Å². The van der Waals surface area contributed by atoms with Gasteiger partial charge in [-0.05, 0) is 41.6 Å². The predicted octanol–water partition coefficient (Wildman–Crippen LogP) is 2.64. The van der Waals surface area contributed by atoms with Crippen LogP contribution in [0, 0.1) is 9.39 Å². The number of hydrogen-bond donors (Lipinski definition) is 0. The second kappa shape index (κ2) is 4.04. The fraction of sp³-hybridized carbons (Fsp3) is 0.222. The molecule has 0 fully saturated rings. The summed E-state index contributed by atoms with van der Waals surface area (Å²) < 4.78 is 18.6. The number of methoxy groups -OCH3 is 1. The molecule has 4 heteroatoms. The van der Waals surface area contributed by atoms with Crippen molar-refractivity contribution < 1.29 is 13.9 Å². The third-order valence-electron chi connectivity index (χ3n) is 1.61. The van der Waals surface area contributed by atoms with Gasteiger partial charge >= 0.3 is 0 Å². The molecule has 0 spiro atoms. The van der Waals surface area contributed by atoms with Crippen LogP contribution in [-0.4, -0.2) is 12.9 Å². The van der Waals surface area contributed by atoms with E-state index in [0.717, 1.165) is 0 Å². The van der Waals surface area contributed by atoms with Gasteiger partial charge in [0.05, 0.1) is 10.7 Å². The minimum Gasteiger partial charge on any atom is -0.493 e. The van der Waals surface area contributed by atoms with E-state index in [0.29, 0.717) is 9.13 Å². The molecule has 0 saturated heterocycles. The van der Waals surface area contributed by atoms with Crippen molar-refractivity contribution in [1.82, 2.24) is 0 Å². The van der Waals surface area contributed by atoms with E-state index in [4.69, 9.17) is 4.74 Å². The molecule has 1 aromatic rings. The number of ether oxygens (including phenoxy) is 1. The number of ketones is 1. The molecule has 70 valence electrons. The van der Waals surface area contributed by atoms with Crippen molar-refractivity contribution in [2.24, 2.45) is 0 Å². The fourth-order valence-electron chi connectivity index (χ4n) is 0.958. The largest absolute Gasteiger partial charge is 0.493 e. The van der Waals surface area contributed by atoms with Gasteiger partial charge in [0.1, 0.15) is 0 Å². The van der Waals surface area contributed by atoms with Gasteiger partial charge in [0.25, 0.3) is 0 Å². The molecule has 1 rings (SSSR count). The van der Waals surface area contributed by atoms with Gasteiger partial charge in [0.2, 0.25) is 0 Å². The Bertz CT molecular complexity index is 326. The lowest BCUT2D eigenvalue weighted by molar-refractivity contribution is 0.101. The highest BCUT2D eigenvalue weighted by Crippen LogP contribution is 2.25. The SMILES string of the molecule is COc1c(F)cc(C(C)=O)cc1I. The number of hydrogen-bond acceptors (Lipinski definition) is 2. The minimum atomic E-state index is -0.500. The van der Waals surface area contributed by atoms with Gasteiger partial charge in [0.15, 0.2) is 17.3 Å². The third-order valence-corrected chi connectivity index (χ3v) is 2.41. The highest BCUT2D eigenvalue weighted by atomic mass is 127. The highest BCUT2D eigenvalue weighted by Gasteiger charge is 2.11. The lowest BCUT2D eigenvalue weighted by Crippen LogP contribution is -1.98. The molecule has 1 aromatic carbocycles. The van der Waals surface area contributed by atoms with Crippen molar-refractivity contribution in [2.45, 2.75) is 6.92 Å². The molecule has 0 N–H and O–H groups in total. The van der Waals surface area contributed by atoms with E-state index in [2.05, 4.69) is 0 Å². The summed E-state index contributed by atoms with van der Waals surface area (Å²) in [5.41, 5.74) is 0.364.